The monoisotopic (exact) mass is 281 g/mol. The van der Waals surface area contributed by atoms with Crippen molar-refractivity contribution in [2.24, 2.45) is 0 Å². The summed E-state index contributed by atoms with van der Waals surface area (Å²) in [5, 5.41) is 3.95. The van der Waals surface area contributed by atoms with Crippen LogP contribution in [0.3, 0.4) is 0 Å². The summed E-state index contributed by atoms with van der Waals surface area (Å²) in [4.78, 5) is 0. The van der Waals surface area contributed by atoms with E-state index < -0.39 is 9.84 Å². The molecule has 0 aliphatic rings. The second-order valence-corrected chi connectivity index (χ2v) is 6.73. The van der Waals surface area contributed by atoms with Crippen LogP contribution in [0.1, 0.15) is 6.92 Å². The number of sulfone groups is 1. The molecule has 1 atom stereocenters. The van der Waals surface area contributed by atoms with Crippen molar-refractivity contribution in [1.29, 1.82) is 0 Å². The summed E-state index contributed by atoms with van der Waals surface area (Å²) in [5.74, 6) is 0.0363. The molecule has 0 saturated carbocycles. The van der Waals surface area contributed by atoms with Crippen molar-refractivity contribution in [2.45, 2.75) is 13.0 Å². The van der Waals surface area contributed by atoms with Crippen LogP contribution in [-0.4, -0.2) is 26.5 Å². The molecule has 0 heterocycles. The summed E-state index contributed by atoms with van der Waals surface area (Å²) in [6, 6.07) is 4.88. The first-order valence-corrected chi connectivity index (χ1v) is 7.49. The van der Waals surface area contributed by atoms with Gasteiger partial charge in [0.15, 0.2) is 0 Å². The Hall–Kier alpha value is -0.450. The van der Waals surface area contributed by atoms with Crippen molar-refractivity contribution in [3.8, 4) is 0 Å². The predicted octanol–water partition coefficient (Wildman–Crippen LogP) is 2.84. The number of hydrogen-bond acceptors (Lipinski definition) is 3. The van der Waals surface area contributed by atoms with E-state index in [2.05, 4.69) is 5.32 Å². The van der Waals surface area contributed by atoms with Gasteiger partial charge in [-0.05, 0) is 19.1 Å². The quantitative estimate of drug-likeness (QED) is 0.923. The van der Waals surface area contributed by atoms with Crippen LogP contribution >= 0.6 is 23.2 Å². The molecular weight excluding hydrogens is 269 g/mol. The standard InChI is InChI=1S/C10H13Cl2NO2S/c1-7(6-16(2,14)15)13-10-8(11)4-3-5-9(10)12/h3-5,7,13H,6H2,1-2H3. The van der Waals surface area contributed by atoms with Crippen LogP contribution in [0.2, 0.25) is 10.0 Å². The highest BCUT2D eigenvalue weighted by Gasteiger charge is 2.13. The molecule has 1 N–H and O–H groups in total. The molecule has 1 aromatic carbocycles. The summed E-state index contributed by atoms with van der Waals surface area (Å²) in [6.45, 7) is 1.76. The van der Waals surface area contributed by atoms with E-state index in [1.54, 1.807) is 25.1 Å². The minimum atomic E-state index is -3.02. The predicted molar refractivity (Wildman–Crippen MR) is 69.3 cm³/mol. The van der Waals surface area contributed by atoms with Crippen LogP contribution in [0.15, 0.2) is 18.2 Å². The molecule has 0 aliphatic heterocycles. The fourth-order valence-electron chi connectivity index (χ4n) is 1.38. The number of halogens is 2. The summed E-state index contributed by atoms with van der Waals surface area (Å²) < 4.78 is 22.2. The van der Waals surface area contributed by atoms with Crippen molar-refractivity contribution in [2.75, 3.05) is 17.3 Å². The molecule has 90 valence electrons. The maximum Gasteiger partial charge on any atom is 0.149 e. The van der Waals surface area contributed by atoms with E-state index in [0.717, 1.165) is 0 Å². The maximum atomic E-state index is 11.1. The summed E-state index contributed by atoms with van der Waals surface area (Å²) in [6.07, 6.45) is 1.19. The van der Waals surface area contributed by atoms with Crippen molar-refractivity contribution >= 4 is 38.7 Å². The molecular formula is C10H13Cl2NO2S. The van der Waals surface area contributed by atoms with Gasteiger partial charge in [0.25, 0.3) is 0 Å². The zero-order valence-corrected chi connectivity index (χ0v) is 11.3. The van der Waals surface area contributed by atoms with Crippen molar-refractivity contribution in [3.05, 3.63) is 28.2 Å². The zero-order chi connectivity index (χ0) is 12.3. The molecule has 1 aromatic rings. The SMILES string of the molecule is CC(CS(C)(=O)=O)Nc1c(Cl)cccc1Cl. The Kier molecular flexibility index (Phi) is 4.47. The van der Waals surface area contributed by atoms with Crippen molar-refractivity contribution in [3.63, 3.8) is 0 Å². The highest BCUT2D eigenvalue weighted by Crippen LogP contribution is 2.30. The highest BCUT2D eigenvalue weighted by molar-refractivity contribution is 7.90. The van der Waals surface area contributed by atoms with Gasteiger partial charge in [-0.15, -0.1) is 0 Å². The van der Waals surface area contributed by atoms with Crippen molar-refractivity contribution < 1.29 is 8.42 Å². The van der Waals surface area contributed by atoms with Gasteiger partial charge in [0.2, 0.25) is 0 Å². The fraction of sp³-hybridized carbons (Fsp3) is 0.400. The minimum Gasteiger partial charge on any atom is -0.379 e. The molecule has 1 rings (SSSR count). The van der Waals surface area contributed by atoms with Gasteiger partial charge in [-0.25, -0.2) is 8.42 Å². The maximum absolute atomic E-state index is 11.1. The third-order valence-corrected chi connectivity index (χ3v) is 3.64. The molecule has 6 heteroatoms. The Morgan fingerprint density at radius 1 is 1.31 bits per heavy atom. The number of hydrogen-bond donors (Lipinski definition) is 1. The van der Waals surface area contributed by atoms with Gasteiger partial charge in [-0.3, -0.25) is 0 Å². The zero-order valence-electron chi connectivity index (χ0n) is 9.00. The van der Waals surface area contributed by atoms with E-state index in [0.29, 0.717) is 15.7 Å². The van der Waals surface area contributed by atoms with E-state index in [4.69, 9.17) is 23.2 Å². The Morgan fingerprint density at radius 2 is 1.81 bits per heavy atom. The fourth-order valence-corrected chi connectivity index (χ4v) is 2.88. The van der Waals surface area contributed by atoms with E-state index in [1.165, 1.54) is 6.26 Å². The number of para-hydroxylation sites is 1. The third kappa shape index (κ3) is 4.20. The number of benzene rings is 1. The summed E-state index contributed by atoms with van der Waals surface area (Å²) >= 11 is 11.9. The van der Waals surface area contributed by atoms with Gasteiger partial charge in [0.05, 0.1) is 21.5 Å². The topological polar surface area (TPSA) is 46.2 Å². The molecule has 0 fully saturated rings. The van der Waals surface area contributed by atoms with Gasteiger partial charge >= 0.3 is 0 Å². The second-order valence-electron chi connectivity index (χ2n) is 3.73. The van der Waals surface area contributed by atoms with Crippen LogP contribution in [-0.2, 0) is 9.84 Å². The lowest BCUT2D eigenvalue weighted by molar-refractivity contribution is 0.598. The smallest absolute Gasteiger partial charge is 0.149 e. The minimum absolute atomic E-state index is 0.0363. The molecule has 0 spiro atoms. The van der Waals surface area contributed by atoms with Crippen LogP contribution < -0.4 is 5.32 Å². The second kappa shape index (κ2) is 5.25. The number of rotatable bonds is 4. The first kappa shape index (κ1) is 13.6. The van der Waals surface area contributed by atoms with Gasteiger partial charge < -0.3 is 5.32 Å². The van der Waals surface area contributed by atoms with E-state index >= 15 is 0 Å². The molecule has 0 amide bonds. The number of nitrogens with one attached hydrogen (secondary N) is 1. The summed E-state index contributed by atoms with van der Waals surface area (Å²) in [5.41, 5.74) is 0.571. The molecule has 0 saturated heterocycles. The first-order valence-electron chi connectivity index (χ1n) is 4.68. The molecule has 3 nitrogen and oxygen atoms in total. The van der Waals surface area contributed by atoms with E-state index in [1.807, 2.05) is 0 Å². The third-order valence-electron chi connectivity index (χ3n) is 1.91. The van der Waals surface area contributed by atoms with Crippen LogP contribution in [0, 0.1) is 0 Å². The van der Waals surface area contributed by atoms with Crippen LogP contribution in [0.5, 0.6) is 0 Å². The van der Waals surface area contributed by atoms with Gasteiger partial charge in [0, 0.05) is 12.3 Å². The highest BCUT2D eigenvalue weighted by atomic mass is 35.5. The average Bonchev–Trinajstić information content (AvgIpc) is 2.08. The Balaban J connectivity index is 2.81. The lowest BCUT2D eigenvalue weighted by Gasteiger charge is -2.16. The molecule has 1 unspecified atom stereocenters. The molecule has 0 radical (unpaired) electrons. The first-order chi connectivity index (χ1) is 7.29. The Bertz CT molecular complexity index is 453. The van der Waals surface area contributed by atoms with Crippen molar-refractivity contribution in [1.82, 2.24) is 0 Å². The molecule has 0 aromatic heterocycles. The Labute approximate surface area is 106 Å². The van der Waals surface area contributed by atoms with Crippen LogP contribution in [0.25, 0.3) is 0 Å². The van der Waals surface area contributed by atoms with Gasteiger partial charge in [-0.2, -0.15) is 0 Å². The van der Waals surface area contributed by atoms with Gasteiger partial charge in [-0.1, -0.05) is 29.3 Å². The molecule has 0 aliphatic carbocycles. The molecule has 16 heavy (non-hydrogen) atoms. The van der Waals surface area contributed by atoms with E-state index in [9.17, 15) is 8.42 Å². The normalized spacial score (nSPS) is 13.5. The molecule has 0 bridgehead atoms. The van der Waals surface area contributed by atoms with E-state index in [-0.39, 0.29) is 11.8 Å². The number of anilines is 1. The lowest BCUT2D eigenvalue weighted by Crippen LogP contribution is -2.25. The largest absolute Gasteiger partial charge is 0.379 e. The Morgan fingerprint density at radius 3 is 2.25 bits per heavy atom. The average molecular weight is 282 g/mol. The van der Waals surface area contributed by atoms with Crippen LogP contribution in [0.4, 0.5) is 5.69 Å². The summed E-state index contributed by atoms with van der Waals surface area (Å²) in [7, 11) is -3.02. The lowest BCUT2D eigenvalue weighted by atomic mass is 10.3. The van der Waals surface area contributed by atoms with Gasteiger partial charge in [0.1, 0.15) is 9.84 Å².